The summed E-state index contributed by atoms with van der Waals surface area (Å²) >= 11 is 0. The van der Waals surface area contributed by atoms with Gasteiger partial charge in [0.15, 0.2) is 11.4 Å². The SMILES string of the molecule is CCOC(=O)c1c(OCC)c2c(=O)n(C)ncc2n1C. The molecule has 2 aromatic heterocycles. The zero-order chi connectivity index (χ0) is 14.9. The first-order chi connectivity index (χ1) is 9.52. The largest absolute Gasteiger partial charge is 0.490 e. The van der Waals surface area contributed by atoms with E-state index >= 15 is 0 Å². The third-order valence-corrected chi connectivity index (χ3v) is 3.01. The molecule has 2 aromatic rings. The Hall–Kier alpha value is -2.31. The van der Waals surface area contributed by atoms with Gasteiger partial charge >= 0.3 is 5.97 Å². The lowest BCUT2D eigenvalue weighted by molar-refractivity contribution is 0.0511. The molecule has 0 unspecified atom stereocenters. The number of ether oxygens (including phenoxy) is 2. The lowest BCUT2D eigenvalue weighted by Gasteiger charge is -2.07. The Morgan fingerprint density at radius 3 is 2.60 bits per heavy atom. The van der Waals surface area contributed by atoms with E-state index in [9.17, 15) is 9.59 Å². The molecule has 0 aliphatic heterocycles. The number of aromatic nitrogens is 3. The van der Waals surface area contributed by atoms with Crippen molar-refractivity contribution in [2.24, 2.45) is 14.1 Å². The van der Waals surface area contributed by atoms with Crippen LogP contribution in [0.4, 0.5) is 0 Å². The first-order valence-electron chi connectivity index (χ1n) is 6.37. The number of hydrogen-bond donors (Lipinski definition) is 0. The summed E-state index contributed by atoms with van der Waals surface area (Å²) in [5, 5.41) is 4.31. The molecule has 0 saturated carbocycles. The van der Waals surface area contributed by atoms with Crippen molar-refractivity contribution in [1.82, 2.24) is 14.3 Å². The van der Waals surface area contributed by atoms with Crippen LogP contribution in [0.1, 0.15) is 24.3 Å². The highest BCUT2D eigenvalue weighted by molar-refractivity contribution is 6.01. The minimum atomic E-state index is -0.517. The number of fused-ring (bicyclic) bond motifs is 1. The molecule has 20 heavy (non-hydrogen) atoms. The fraction of sp³-hybridized carbons (Fsp3) is 0.462. The van der Waals surface area contributed by atoms with Gasteiger partial charge in [-0.05, 0) is 13.8 Å². The molecular weight excluding hydrogens is 262 g/mol. The van der Waals surface area contributed by atoms with Gasteiger partial charge in [-0.15, -0.1) is 0 Å². The van der Waals surface area contributed by atoms with Crippen LogP contribution in [0.25, 0.3) is 10.9 Å². The minimum Gasteiger partial charge on any atom is -0.490 e. The van der Waals surface area contributed by atoms with Crippen molar-refractivity contribution in [2.75, 3.05) is 13.2 Å². The van der Waals surface area contributed by atoms with Gasteiger partial charge in [0.25, 0.3) is 5.56 Å². The summed E-state index contributed by atoms with van der Waals surface area (Å²) in [5.41, 5.74) is 0.463. The number of carbonyl (C=O) groups is 1. The van der Waals surface area contributed by atoms with E-state index in [0.29, 0.717) is 17.5 Å². The van der Waals surface area contributed by atoms with Crippen LogP contribution in [0.5, 0.6) is 5.75 Å². The second-order valence-electron chi connectivity index (χ2n) is 4.22. The average Bonchev–Trinajstić information content (AvgIpc) is 2.68. The van der Waals surface area contributed by atoms with Gasteiger partial charge in [0.2, 0.25) is 0 Å². The van der Waals surface area contributed by atoms with Crippen molar-refractivity contribution >= 4 is 16.9 Å². The fourth-order valence-electron chi connectivity index (χ4n) is 2.10. The summed E-state index contributed by atoms with van der Waals surface area (Å²) in [4.78, 5) is 24.3. The second-order valence-corrected chi connectivity index (χ2v) is 4.22. The maximum atomic E-state index is 12.2. The molecule has 2 heterocycles. The van der Waals surface area contributed by atoms with Gasteiger partial charge in [0.05, 0.1) is 24.9 Å². The van der Waals surface area contributed by atoms with Gasteiger partial charge in [0, 0.05) is 14.1 Å². The molecule has 7 nitrogen and oxygen atoms in total. The standard InChI is InChI=1S/C13H17N3O4/c1-5-19-11-9-8(7-14-16(4)12(9)17)15(3)10(11)13(18)20-6-2/h7H,5-6H2,1-4H3. The molecule has 108 valence electrons. The number of aryl methyl sites for hydroxylation is 2. The molecule has 0 saturated heterocycles. The van der Waals surface area contributed by atoms with Gasteiger partial charge in [-0.3, -0.25) is 4.79 Å². The monoisotopic (exact) mass is 279 g/mol. The van der Waals surface area contributed by atoms with E-state index in [1.54, 1.807) is 32.5 Å². The zero-order valence-electron chi connectivity index (χ0n) is 12.0. The minimum absolute atomic E-state index is 0.230. The average molecular weight is 279 g/mol. The van der Waals surface area contributed by atoms with E-state index in [1.165, 1.54) is 10.9 Å². The van der Waals surface area contributed by atoms with Gasteiger partial charge in [-0.2, -0.15) is 5.10 Å². The Bertz CT molecular complexity index is 714. The molecule has 0 aliphatic rings. The highest BCUT2D eigenvalue weighted by Crippen LogP contribution is 2.30. The normalized spacial score (nSPS) is 10.8. The molecule has 0 fully saturated rings. The van der Waals surface area contributed by atoms with Crippen LogP contribution in [0.2, 0.25) is 0 Å². The number of nitrogens with zero attached hydrogens (tertiary/aromatic N) is 3. The Morgan fingerprint density at radius 2 is 2.00 bits per heavy atom. The predicted molar refractivity (Wildman–Crippen MR) is 73.1 cm³/mol. The van der Waals surface area contributed by atoms with Crippen LogP contribution in [-0.2, 0) is 18.8 Å². The molecule has 0 atom stereocenters. The van der Waals surface area contributed by atoms with E-state index in [0.717, 1.165) is 0 Å². The van der Waals surface area contributed by atoms with Crippen molar-refractivity contribution in [3.05, 3.63) is 22.2 Å². The number of carbonyl (C=O) groups excluding carboxylic acids is 1. The van der Waals surface area contributed by atoms with E-state index < -0.39 is 5.97 Å². The Kier molecular flexibility index (Phi) is 3.78. The summed E-state index contributed by atoms with van der Waals surface area (Å²) in [6.45, 7) is 4.11. The molecule has 0 N–H and O–H groups in total. The molecule has 7 heteroatoms. The molecule has 2 rings (SSSR count). The summed E-state index contributed by atoms with van der Waals surface area (Å²) in [5.74, 6) is -0.261. The fourth-order valence-corrected chi connectivity index (χ4v) is 2.10. The first kappa shape index (κ1) is 14.1. The van der Waals surface area contributed by atoms with E-state index in [2.05, 4.69) is 5.10 Å². The van der Waals surface area contributed by atoms with E-state index in [-0.39, 0.29) is 23.6 Å². The maximum Gasteiger partial charge on any atom is 0.358 e. The molecule has 0 bridgehead atoms. The van der Waals surface area contributed by atoms with Crippen molar-refractivity contribution in [3.63, 3.8) is 0 Å². The third kappa shape index (κ3) is 2.04. The highest BCUT2D eigenvalue weighted by Gasteiger charge is 2.26. The van der Waals surface area contributed by atoms with Crippen LogP contribution in [0, 0.1) is 0 Å². The second kappa shape index (κ2) is 5.36. The van der Waals surface area contributed by atoms with Gasteiger partial charge in [0.1, 0.15) is 5.39 Å². The van der Waals surface area contributed by atoms with Crippen molar-refractivity contribution in [3.8, 4) is 5.75 Å². The lowest BCUT2D eigenvalue weighted by Crippen LogP contribution is -2.19. The lowest BCUT2D eigenvalue weighted by atomic mass is 10.3. The molecule has 0 aliphatic carbocycles. The topological polar surface area (TPSA) is 75.3 Å². The summed E-state index contributed by atoms with van der Waals surface area (Å²) in [6.07, 6.45) is 1.53. The molecule has 0 aromatic carbocycles. The highest BCUT2D eigenvalue weighted by atomic mass is 16.5. The summed E-state index contributed by atoms with van der Waals surface area (Å²) in [6, 6.07) is 0. The quantitative estimate of drug-likeness (QED) is 0.775. The van der Waals surface area contributed by atoms with E-state index in [1.807, 2.05) is 0 Å². The number of rotatable bonds is 4. The van der Waals surface area contributed by atoms with Gasteiger partial charge in [-0.25, -0.2) is 9.48 Å². The van der Waals surface area contributed by atoms with Crippen LogP contribution in [-0.4, -0.2) is 33.5 Å². The van der Waals surface area contributed by atoms with Crippen LogP contribution >= 0.6 is 0 Å². The molecule has 0 spiro atoms. The summed E-state index contributed by atoms with van der Waals surface area (Å²) in [7, 11) is 3.23. The number of esters is 1. The smallest absolute Gasteiger partial charge is 0.358 e. The van der Waals surface area contributed by atoms with E-state index in [4.69, 9.17) is 9.47 Å². The van der Waals surface area contributed by atoms with Crippen molar-refractivity contribution in [2.45, 2.75) is 13.8 Å². The Morgan fingerprint density at radius 1 is 1.30 bits per heavy atom. The third-order valence-electron chi connectivity index (χ3n) is 3.01. The first-order valence-corrected chi connectivity index (χ1v) is 6.37. The van der Waals surface area contributed by atoms with Crippen LogP contribution in [0.15, 0.2) is 11.0 Å². The maximum absolute atomic E-state index is 12.2. The Labute approximate surface area is 115 Å². The molecular formula is C13H17N3O4. The van der Waals surface area contributed by atoms with Gasteiger partial charge in [-0.1, -0.05) is 0 Å². The zero-order valence-corrected chi connectivity index (χ0v) is 12.0. The van der Waals surface area contributed by atoms with Crippen molar-refractivity contribution in [1.29, 1.82) is 0 Å². The van der Waals surface area contributed by atoms with Crippen molar-refractivity contribution < 1.29 is 14.3 Å². The predicted octanol–water partition coefficient (Wildman–Crippen LogP) is 0.847. The number of hydrogen-bond acceptors (Lipinski definition) is 5. The molecule has 0 radical (unpaired) electrons. The Balaban J connectivity index is 2.83. The summed E-state index contributed by atoms with van der Waals surface area (Å²) < 4.78 is 13.3. The van der Waals surface area contributed by atoms with Crippen LogP contribution < -0.4 is 10.3 Å². The van der Waals surface area contributed by atoms with Crippen LogP contribution in [0.3, 0.4) is 0 Å². The molecule has 0 amide bonds. The van der Waals surface area contributed by atoms with Gasteiger partial charge < -0.3 is 14.0 Å².